The molecule has 2 heterocycles. The van der Waals surface area contributed by atoms with Crippen LogP contribution in [0.3, 0.4) is 0 Å². The van der Waals surface area contributed by atoms with E-state index in [9.17, 15) is 4.39 Å². The first-order valence-electron chi connectivity index (χ1n) is 6.23. The van der Waals surface area contributed by atoms with E-state index in [1.807, 2.05) is 22.7 Å². The molecule has 0 saturated carbocycles. The first kappa shape index (κ1) is 12.6. The molecule has 0 aliphatic rings. The molecule has 0 spiro atoms. The number of nitrogens with two attached hydrogens (primary N) is 1. The largest absolute Gasteiger partial charge is 0.496 e. The summed E-state index contributed by atoms with van der Waals surface area (Å²) < 4.78 is 21.1. The highest BCUT2D eigenvalue weighted by Crippen LogP contribution is 2.31. The Bertz CT molecular complexity index is 767. The fourth-order valence-electron chi connectivity index (χ4n) is 2.19. The number of aromatic nitrogens is 2. The predicted molar refractivity (Wildman–Crippen MR) is 75.0 cm³/mol. The Morgan fingerprint density at radius 1 is 1.35 bits per heavy atom. The van der Waals surface area contributed by atoms with Crippen molar-refractivity contribution in [3.63, 3.8) is 0 Å². The number of ether oxygens (including phenoxy) is 1. The molecular weight excluding hydrogens is 257 g/mol. The molecule has 0 unspecified atom stereocenters. The van der Waals surface area contributed by atoms with Crippen molar-refractivity contribution in [1.82, 2.24) is 9.38 Å². The second kappa shape index (κ2) is 4.94. The van der Waals surface area contributed by atoms with Crippen LogP contribution in [0.1, 0.15) is 5.56 Å². The number of methoxy groups -OCH3 is 1. The number of fused-ring (bicyclic) bond motifs is 1. The first-order chi connectivity index (χ1) is 9.72. The van der Waals surface area contributed by atoms with Crippen LogP contribution >= 0.6 is 0 Å². The van der Waals surface area contributed by atoms with Crippen LogP contribution in [0.25, 0.3) is 16.9 Å². The monoisotopic (exact) mass is 271 g/mol. The van der Waals surface area contributed by atoms with Crippen LogP contribution in [-0.2, 0) is 6.54 Å². The molecule has 0 saturated heterocycles. The van der Waals surface area contributed by atoms with Crippen molar-refractivity contribution >= 4 is 5.65 Å². The van der Waals surface area contributed by atoms with E-state index in [-0.39, 0.29) is 5.82 Å². The van der Waals surface area contributed by atoms with E-state index in [2.05, 4.69) is 4.98 Å². The normalized spacial score (nSPS) is 10.9. The molecule has 0 radical (unpaired) electrons. The second-order valence-corrected chi connectivity index (χ2v) is 4.45. The number of halogens is 1. The minimum absolute atomic E-state index is 0.355. The summed E-state index contributed by atoms with van der Waals surface area (Å²) in [5.41, 5.74) is 8.23. The summed E-state index contributed by atoms with van der Waals surface area (Å²) in [5.74, 6) is 0.110. The van der Waals surface area contributed by atoms with Gasteiger partial charge in [-0.3, -0.25) is 0 Å². The molecule has 0 aliphatic carbocycles. The van der Waals surface area contributed by atoms with Crippen LogP contribution < -0.4 is 10.5 Å². The van der Waals surface area contributed by atoms with Crippen molar-refractivity contribution in [3.05, 3.63) is 54.1 Å². The highest BCUT2D eigenvalue weighted by molar-refractivity contribution is 5.70. The highest BCUT2D eigenvalue weighted by Gasteiger charge is 2.14. The Balaban J connectivity index is 2.20. The molecule has 3 aromatic rings. The first-order valence-corrected chi connectivity index (χ1v) is 6.23. The molecule has 0 amide bonds. The molecule has 2 N–H and O–H groups in total. The van der Waals surface area contributed by atoms with Crippen LogP contribution in [0.15, 0.2) is 42.7 Å². The van der Waals surface area contributed by atoms with Gasteiger partial charge in [-0.1, -0.05) is 6.07 Å². The van der Waals surface area contributed by atoms with Gasteiger partial charge in [0.15, 0.2) is 0 Å². The lowest BCUT2D eigenvalue weighted by Gasteiger charge is -2.06. The molecule has 2 aromatic heterocycles. The van der Waals surface area contributed by atoms with Gasteiger partial charge in [0, 0.05) is 18.9 Å². The third kappa shape index (κ3) is 2.02. The van der Waals surface area contributed by atoms with E-state index in [1.54, 1.807) is 18.3 Å². The van der Waals surface area contributed by atoms with Gasteiger partial charge in [-0.15, -0.1) is 0 Å². The molecule has 4 nitrogen and oxygen atoms in total. The lowest BCUT2D eigenvalue weighted by molar-refractivity contribution is 0.413. The number of hydrogen-bond donors (Lipinski definition) is 1. The van der Waals surface area contributed by atoms with Crippen LogP contribution in [0.2, 0.25) is 0 Å². The maximum Gasteiger partial charge on any atom is 0.137 e. The number of pyridine rings is 1. The lowest BCUT2D eigenvalue weighted by atomic mass is 10.1. The smallest absolute Gasteiger partial charge is 0.137 e. The zero-order chi connectivity index (χ0) is 14.1. The van der Waals surface area contributed by atoms with Gasteiger partial charge in [-0.2, -0.15) is 0 Å². The van der Waals surface area contributed by atoms with Gasteiger partial charge in [0.2, 0.25) is 0 Å². The van der Waals surface area contributed by atoms with Gasteiger partial charge >= 0.3 is 0 Å². The summed E-state index contributed by atoms with van der Waals surface area (Å²) in [6.07, 6.45) is 3.64. The number of hydrogen-bond acceptors (Lipinski definition) is 3. The van der Waals surface area contributed by atoms with Crippen LogP contribution in [0.4, 0.5) is 4.39 Å². The van der Waals surface area contributed by atoms with Crippen molar-refractivity contribution in [2.75, 3.05) is 7.11 Å². The van der Waals surface area contributed by atoms with Gasteiger partial charge in [0.25, 0.3) is 0 Å². The summed E-state index contributed by atoms with van der Waals surface area (Å²) in [5, 5.41) is 0. The van der Waals surface area contributed by atoms with Gasteiger partial charge in [-0.25, -0.2) is 9.37 Å². The molecule has 3 rings (SSSR count). The molecule has 0 atom stereocenters. The predicted octanol–water partition coefficient (Wildman–Crippen LogP) is 2.61. The molecule has 102 valence electrons. The second-order valence-electron chi connectivity index (χ2n) is 4.45. The third-order valence-electron chi connectivity index (χ3n) is 3.21. The van der Waals surface area contributed by atoms with E-state index < -0.39 is 0 Å². The van der Waals surface area contributed by atoms with Gasteiger partial charge in [0.05, 0.1) is 18.4 Å². The Labute approximate surface area is 115 Å². The summed E-state index contributed by atoms with van der Waals surface area (Å²) >= 11 is 0. The zero-order valence-electron chi connectivity index (χ0n) is 11.0. The van der Waals surface area contributed by atoms with Crippen LogP contribution in [0, 0.1) is 5.82 Å². The Hall–Kier alpha value is -2.40. The number of benzene rings is 1. The maximum atomic E-state index is 14.0. The van der Waals surface area contributed by atoms with E-state index in [0.29, 0.717) is 23.6 Å². The lowest BCUT2D eigenvalue weighted by Crippen LogP contribution is -1.96. The molecule has 0 fully saturated rings. The molecule has 20 heavy (non-hydrogen) atoms. The average Bonchev–Trinajstić information content (AvgIpc) is 2.88. The summed E-state index contributed by atoms with van der Waals surface area (Å²) in [6, 6.07) is 8.52. The average molecular weight is 271 g/mol. The van der Waals surface area contributed by atoms with E-state index in [4.69, 9.17) is 10.5 Å². The number of imidazole rings is 1. The summed E-state index contributed by atoms with van der Waals surface area (Å²) in [7, 11) is 1.51. The van der Waals surface area contributed by atoms with Crippen molar-refractivity contribution in [3.8, 4) is 17.0 Å². The van der Waals surface area contributed by atoms with Crippen LogP contribution in [-0.4, -0.2) is 16.5 Å². The van der Waals surface area contributed by atoms with Crippen molar-refractivity contribution in [1.29, 1.82) is 0 Å². The maximum absolute atomic E-state index is 14.0. The highest BCUT2D eigenvalue weighted by atomic mass is 19.1. The Morgan fingerprint density at radius 2 is 2.20 bits per heavy atom. The fraction of sp³-hybridized carbons (Fsp3) is 0.133. The fourth-order valence-corrected chi connectivity index (χ4v) is 2.19. The number of rotatable bonds is 3. The van der Waals surface area contributed by atoms with Crippen molar-refractivity contribution in [2.45, 2.75) is 6.54 Å². The van der Waals surface area contributed by atoms with Crippen LogP contribution in [0.5, 0.6) is 5.75 Å². The number of nitrogens with zero attached hydrogens (tertiary/aromatic N) is 2. The Morgan fingerprint density at radius 3 is 2.95 bits per heavy atom. The van der Waals surface area contributed by atoms with E-state index >= 15 is 0 Å². The van der Waals surface area contributed by atoms with Gasteiger partial charge < -0.3 is 14.9 Å². The standard InChI is InChI=1S/C15H14FN3O/c1-20-13-4-2-3-11(16)15(13)12-9-19-6-5-10(8-17)7-14(19)18-12/h2-7,9H,8,17H2,1H3. The topological polar surface area (TPSA) is 52.5 Å². The van der Waals surface area contributed by atoms with Gasteiger partial charge in [0.1, 0.15) is 17.2 Å². The minimum Gasteiger partial charge on any atom is -0.496 e. The van der Waals surface area contributed by atoms with Crippen molar-refractivity contribution < 1.29 is 9.13 Å². The molecule has 0 aliphatic heterocycles. The molecule has 0 bridgehead atoms. The molecular formula is C15H14FN3O. The summed E-state index contributed by atoms with van der Waals surface area (Å²) in [4.78, 5) is 4.45. The Kier molecular flexibility index (Phi) is 3.12. The van der Waals surface area contributed by atoms with E-state index in [0.717, 1.165) is 11.2 Å². The minimum atomic E-state index is -0.355. The molecule has 5 heteroatoms. The third-order valence-corrected chi connectivity index (χ3v) is 3.21. The SMILES string of the molecule is COc1cccc(F)c1-c1cn2ccc(CN)cc2n1. The quantitative estimate of drug-likeness (QED) is 0.796. The summed E-state index contributed by atoms with van der Waals surface area (Å²) in [6.45, 7) is 0.446. The molecule has 1 aromatic carbocycles. The van der Waals surface area contributed by atoms with Gasteiger partial charge in [-0.05, 0) is 29.8 Å². The zero-order valence-corrected chi connectivity index (χ0v) is 11.0. The van der Waals surface area contributed by atoms with Crippen molar-refractivity contribution in [2.24, 2.45) is 5.73 Å². The van der Waals surface area contributed by atoms with E-state index in [1.165, 1.54) is 13.2 Å².